The Balaban J connectivity index is 1.13. The topological polar surface area (TPSA) is 70.0 Å². The fraction of sp³-hybridized carbons (Fsp3) is 0.240. The zero-order chi connectivity index (χ0) is 23.3. The second kappa shape index (κ2) is 10.5. The Bertz CT molecular complexity index is 1330. The lowest BCUT2D eigenvalue weighted by molar-refractivity contribution is -0.117. The molecule has 5 rings (SSSR count). The number of piperazine rings is 1. The van der Waals surface area contributed by atoms with Crippen molar-refractivity contribution in [1.82, 2.24) is 19.2 Å². The third-order valence-electron chi connectivity index (χ3n) is 5.71. The molecule has 2 aromatic heterocycles. The third kappa shape index (κ3) is 5.56. The fourth-order valence-electron chi connectivity index (χ4n) is 3.97. The largest absolute Gasteiger partial charge is 0.324 e. The van der Waals surface area contributed by atoms with E-state index in [0.29, 0.717) is 13.1 Å². The standard InChI is InChI=1S/C25H25N5O2S2/c31-23(27-21-8-4-5-9-22(21)34-20-6-2-1-3-7-20)18-29-12-10-28(11-13-29)17-19-16-24(32)30-14-15-33-25(30)26-19/h1-9,14-16H,10-13,17-18H2,(H,27,31). The molecule has 1 amide bonds. The van der Waals surface area contributed by atoms with Crippen LogP contribution < -0.4 is 10.9 Å². The van der Waals surface area contributed by atoms with Crippen LogP contribution >= 0.6 is 23.1 Å². The Morgan fingerprint density at radius 2 is 1.74 bits per heavy atom. The van der Waals surface area contributed by atoms with Crippen LogP contribution in [0.25, 0.3) is 4.96 Å². The maximum Gasteiger partial charge on any atom is 0.258 e. The van der Waals surface area contributed by atoms with E-state index >= 15 is 0 Å². The van der Waals surface area contributed by atoms with Crippen LogP contribution in [0.15, 0.2) is 86.8 Å². The van der Waals surface area contributed by atoms with Gasteiger partial charge < -0.3 is 5.32 Å². The van der Waals surface area contributed by atoms with Crippen LogP contribution in [-0.2, 0) is 11.3 Å². The van der Waals surface area contributed by atoms with Gasteiger partial charge in [0.05, 0.1) is 17.9 Å². The number of thiazole rings is 1. The van der Waals surface area contributed by atoms with Crippen LogP contribution in [0.3, 0.4) is 0 Å². The highest BCUT2D eigenvalue weighted by atomic mass is 32.2. The van der Waals surface area contributed by atoms with E-state index in [1.54, 1.807) is 28.4 Å². The third-order valence-corrected chi connectivity index (χ3v) is 7.55. The minimum absolute atomic E-state index is 0.00704. The number of carbonyl (C=O) groups is 1. The smallest absolute Gasteiger partial charge is 0.258 e. The molecule has 0 aliphatic carbocycles. The van der Waals surface area contributed by atoms with Gasteiger partial charge in [-0.3, -0.25) is 23.8 Å². The number of nitrogens with one attached hydrogen (secondary N) is 1. The van der Waals surface area contributed by atoms with Crippen LogP contribution in [0.4, 0.5) is 5.69 Å². The van der Waals surface area contributed by atoms with E-state index in [1.807, 2.05) is 47.8 Å². The summed E-state index contributed by atoms with van der Waals surface area (Å²) in [6.45, 7) is 4.27. The first-order chi connectivity index (χ1) is 16.6. The number of hydrogen-bond donors (Lipinski definition) is 1. The van der Waals surface area contributed by atoms with Gasteiger partial charge in [0.15, 0.2) is 4.96 Å². The Morgan fingerprint density at radius 1 is 1.00 bits per heavy atom. The molecule has 0 radical (unpaired) electrons. The van der Waals surface area contributed by atoms with Crippen LogP contribution in [0, 0.1) is 0 Å². The number of hydrogen-bond acceptors (Lipinski definition) is 7. The number of anilines is 1. The summed E-state index contributed by atoms with van der Waals surface area (Å²) in [6.07, 6.45) is 1.75. The van der Waals surface area contributed by atoms with Crippen molar-refractivity contribution in [2.45, 2.75) is 16.3 Å². The Morgan fingerprint density at radius 3 is 2.56 bits per heavy atom. The molecule has 1 saturated heterocycles. The second-order valence-electron chi connectivity index (χ2n) is 8.15. The summed E-state index contributed by atoms with van der Waals surface area (Å²) in [6, 6.07) is 19.7. The number of nitrogens with zero attached hydrogens (tertiary/aromatic N) is 4. The maximum atomic E-state index is 12.8. The molecule has 0 saturated carbocycles. The molecule has 1 fully saturated rings. The van der Waals surface area contributed by atoms with Gasteiger partial charge in [-0.25, -0.2) is 4.98 Å². The molecule has 0 bridgehead atoms. The van der Waals surface area contributed by atoms with Gasteiger partial charge in [0, 0.05) is 60.2 Å². The second-order valence-corrected chi connectivity index (χ2v) is 10.1. The van der Waals surface area contributed by atoms with Gasteiger partial charge in [-0.1, -0.05) is 42.1 Å². The molecule has 1 aliphatic heterocycles. The molecule has 34 heavy (non-hydrogen) atoms. The lowest BCUT2D eigenvalue weighted by atomic mass is 10.2. The first-order valence-electron chi connectivity index (χ1n) is 11.2. The van der Waals surface area contributed by atoms with Crippen LogP contribution in [-0.4, -0.2) is 57.8 Å². The fourth-order valence-corrected chi connectivity index (χ4v) is 5.63. The van der Waals surface area contributed by atoms with E-state index in [0.717, 1.165) is 52.3 Å². The van der Waals surface area contributed by atoms with Gasteiger partial charge in [-0.2, -0.15) is 0 Å². The van der Waals surface area contributed by atoms with Crippen molar-refractivity contribution in [3.63, 3.8) is 0 Å². The monoisotopic (exact) mass is 491 g/mol. The molecule has 0 spiro atoms. The summed E-state index contributed by atoms with van der Waals surface area (Å²) >= 11 is 3.11. The van der Waals surface area contributed by atoms with Crippen LogP contribution in [0.5, 0.6) is 0 Å². The lowest BCUT2D eigenvalue weighted by Crippen LogP contribution is -2.48. The summed E-state index contributed by atoms with van der Waals surface area (Å²) in [5.74, 6) is -0.00704. The Kier molecular flexibility index (Phi) is 7.05. The summed E-state index contributed by atoms with van der Waals surface area (Å²) in [5.41, 5.74) is 1.59. The molecule has 3 heterocycles. The number of carbonyl (C=O) groups excluding carboxylic acids is 1. The van der Waals surface area contributed by atoms with Gasteiger partial charge in [0.25, 0.3) is 5.56 Å². The van der Waals surface area contributed by atoms with Gasteiger partial charge >= 0.3 is 0 Å². The number of amides is 1. The molecule has 2 aromatic carbocycles. The van der Waals surface area contributed by atoms with E-state index in [9.17, 15) is 9.59 Å². The number of benzene rings is 2. The van der Waals surface area contributed by atoms with Crippen molar-refractivity contribution in [3.05, 3.63) is 88.3 Å². The Hall–Kier alpha value is -2.98. The van der Waals surface area contributed by atoms with Crippen molar-refractivity contribution >= 4 is 39.7 Å². The predicted octanol–water partition coefficient (Wildman–Crippen LogP) is 3.66. The summed E-state index contributed by atoms with van der Waals surface area (Å²) in [4.78, 5) is 36.9. The molecule has 9 heteroatoms. The number of para-hydroxylation sites is 1. The zero-order valence-electron chi connectivity index (χ0n) is 18.6. The molecule has 0 unspecified atom stereocenters. The van der Waals surface area contributed by atoms with E-state index in [4.69, 9.17) is 0 Å². The molecule has 174 valence electrons. The Labute approximate surface area is 206 Å². The van der Waals surface area contributed by atoms with Crippen molar-refractivity contribution in [3.8, 4) is 0 Å². The average Bonchev–Trinajstić information content (AvgIpc) is 3.32. The minimum Gasteiger partial charge on any atom is -0.324 e. The minimum atomic E-state index is -0.0396. The molecule has 1 aliphatic rings. The molecule has 4 aromatic rings. The molecule has 7 nitrogen and oxygen atoms in total. The average molecular weight is 492 g/mol. The first-order valence-corrected chi connectivity index (χ1v) is 12.9. The predicted molar refractivity (Wildman–Crippen MR) is 137 cm³/mol. The molecular formula is C25H25N5O2S2. The van der Waals surface area contributed by atoms with E-state index in [-0.39, 0.29) is 11.5 Å². The van der Waals surface area contributed by atoms with Crippen molar-refractivity contribution in [2.24, 2.45) is 0 Å². The van der Waals surface area contributed by atoms with Crippen molar-refractivity contribution in [1.29, 1.82) is 0 Å². The first kappa shape index (κ1) is 22.8. The molecule has 0 atom stereocenters. The maximum absolute atomic E-state index is 12.8. The number of rotatable bonds is 7. The highest BCUT2D eigenvalue weighted by Crippen LogP contribution is 2.33. The van der Waals surface area contributed by atoms with Crippen molar-refractivity contribution in [2.75, 3.05) is 38.0 Å². The van der Waals surface area contributed by atoms with Gasteiger partial charge in [-0.05, 0) is 24.3 Å². The molecule has 1 N–H and O–H groups in total. The van der Waals surface area contributed by atoms with Crippen LogP contribution in [0.2, 0.25) is 0 Å². The highest BCUT2D eigenvalue weighted by molar-refractivity contribution is 7.99. The summed E-state index contributed by atoms with van der Waals surface area (Å²) < 4.78 is 1.57. The quantitative estimate of drug-likeness (QED) is 0.426. The summed E-state index contributed by atoms with van der Waals surface area (Å²) in [7, 11) is 0. The summed E-state index contributed by atoms with van der Waals surface area (Å²) in [5, 5.41) is 4.96. The number of aromatic nitrogens is 2. The van der Waals surface area contributed by atoms with Crippen LogP contribution in [0.1, 0.15) is 5.69 Å². The number of fused-ring (bicyclic) bond motifs is 1. The van der Waals surface area contributed by atoms with Crippen molar-refractivity contribution < 1.29 is 4.79 Å². The normalized spacial score (nSPS) is 14.9. The van der Waals surface area contributed by atoms with E-state index in [1.165, 1.54) is 11.3 Å². The zero-order valence-corrected chi connectivity index (χ0v) is 20.2. The van der Waals surface area contributed by atoms with Gasteiger partial charge in [0.1, 0.15) is 0 Å². The SMILES string of the molecule is O=C(CN1CCN(Cc2cc(=O)n3ccsc3n2)CC1)Nc1ccccc1Sc1ccccc1. The van der Waals surface area contributed by atoms with Gasteiger partial charge in [0.2, 0.25) is 5.91 Å². The van der Waals surface area contributed by atoms with Gasteiger partial charge in [-0.15, -0.1) is 11.3 Å². The molecular weight excluding hydrogens is 466 g/mol. The highest BCUT2D eigenvalue weighted by Gasteiger charge is 2.20. The van der Waals surface area contributed by atoms with E-state index < -0.39 is 0 Å². The van der Waals surface area contributed by atoms with E-state index in [2.05, 4.69) is 32.2 Å². The lowest BCUT2D eigenvalue weighted by Gasteiger charge is -2.34.